The minimum Gasteiger partial charge on any atom is -0.493 e. The Hall–Kier alpha value is -2.79. The molecule has 0 radical (unpaired) electrons. The lowest BCUT2D eigenvalue weighted by Crippen LogP contribution is -2.20. The van der Waals surface area contributed by atoms with Gasteiger partial charge in [-0.15, -0.1) is 0 Å². The number of rotatable bonds is 4. The van der Waals surface area contributed by atoms with Gasteiger partial charge in [-0.2, -0.15) is 0 Å². The van der Waals surface area contributed by atoms with Crippen molar-refractivity contribution in [3.63, 3.8) is 0 Å². The molecule has 0 bridgehead atoms. The van der Waals surface area contributed by atoms with Gasteiger partial charge in [-0.3, -0.25) is 4.79 Å². The maximum absolute atomic E-state index is 12.5. The van der Waals surface area contributed by atoms with E-state index in [4.69, 9.17) is 20.8 Å². The van der Waals surface area contributed by atoms with Gasteiger partial charge >= 0.3 is 0 Å². The maximum Gasteiger partial charge on any atom is 0.224 e. The maximum atomic E-state index is 12.5. The van der Waals surface area contributed by atoms with E-state index in [9.17, 15) is 4.79 Å². The second-order valence-corrected chi connectivity index (χ2v) is 6.59. The highest BCUT2D eigenvalue weighted by atomic mass is 35.5. The second kappa shape index (κ2) is 7.22. The third kappa shape index (κ3) is 3.44. The first-order valence-electron chi connectivity index (χ1n) is 8.40. The smallest absolute Gasteiger partial charge is 0.224 e. The number of ether oxygens (including phenoxy) is 1. The van der Waals surface area contributed by atoms with Crippen molar-refractivity contribution in [1.29, 1.82) is 0 Å². The Bertz CT molecular complexity index is 925. The van der Waals surface area contributed by atoms with Gasteiger partial charge in [0.2, 0.25) is 5.91 Å². The number of amides is 1. The first-order chi connectivity index (χ1) is 12.7. The number of carbonyl (C=O) groups excluding carboxylic acids is 1. The Kier molecular flexibility index (Phi) is 4.63. The lowest BCUT2D eigenvalue weighted by atomic mass is 9.90. The molecule has 3 aromatic rings. The molecule has 5 nitrogen and oxygen atoms in total. The molecule has 1 amide bonds. The molecule has 1 unspecified atom stereocenters. The normalized spacial score (nSPS) is 15.8. The van der Waals surface area contributed by atoms with E-state index in [1.807, 2.05) is 30.3 Å². The summed E-state index contributed by atoms with van der Waals surface area (Å²) in [6.07, 6.45) is 4.19. The fourth-order valence-corrected chi connectivity index (χ4v) is 3.48. The third-order valence-electron chi connectivity index (χ3n) is 4.47. The van der Waals surface area contributed by atoms with Gasteiger partial charge in [-0.1, -0.05) is 29.8 Å². The number of anilines is 1. The van der Waals surface area contributed by atoms with E-state index in [0.717, 1.165) is 23.3 Å². The van der Waals surface area contributed by atoms with Gasteiger partial charge in [0.15, 0.2) is 12.2 Å². The SMILES string of the molecule is O=C(CC1CCOc2ccccc21)Nc1ccc(-c2cnco2)c(Cl)c1. The zero-order valence-corrected chi connectivity index (χ0v) is 14.7. The predicted molar refractivity (Wildman–Crippen MR) is 99.5 cm³/mol. The molecule has 2 heterocycles. The van der Waals surface area contributed by atoms with E-state index in [0.29, 0.717) is 29.5 Å². The number of para-hydroxylation sites is 1. The summed E-state index contributed by atoms with van der Waals surface area (Å²) in [5, 5.41) is 3.42. The van der Waals surface area contributed by atoms with E-state index >= 15 is 0 Å². The van der Waals surface area contributed by atoms with Gasteiger partial charge < -0.3 is 14.5 Å². The molecule has 0 saturated heterocycles. The fourth-order valence-electron chi connectivity index (χ4n) is 3.21. The molecule has 132 valence electrons. The molecule has 1 aromatic heterocycles. The van der Waals surface area contributed by atoms with Crippen LogP contribution in [0.15, 0.2) is 59.5 Å². The van der Waals surface area contributed by atoms with Crippen LogP contribution in [0.4, 0.5) is 5.69 Å². The van der Waals surface area contributed by atoms with Crippen LogP contribution >= 0.6 is 11.6 Å². The average Bonchev–Trinajstić information content (AvgIpc) is 3.16. The zero-order valence-electron chi connectivity index (χ0n) is 13.9. The van der Waals surface area contributed by atoms with Crippen LogP contribution < -0.4 is 10.1 Å². The van der Waals surface area contributed by atoms with Gasteiger partial charge in [0.1, 0.15) is 5.75 Å². The number of oxazole rings is 1. The molecular formula is C20H17ClN2O3. The number of hydrogen-bond acceptors (Lipinski definition) is 4. The zero-order chi connectivity index (χ0) is 17.9. The molecule has 0 saturated carbocycles. The molecule has 1 atom stereocenters. The summed E-state index contributed by atoms with van der Waals surface area (Å²) in [6, 6.07) is 13.2. The van der Waals surface area contributed by atoms with Crippen LogP contribution in [-0.2, 0) is 4.79 Å². The van der Waals surface area contributed by atoms with E-state index in [2.05, 4.69) is 10.3 Å². The number of nitrogens with zero attached hydrogens (tertiary/aromatic N) is 1. The molecule has 2 aromatic carbocycles. The lowest BCUT2D eigenvalue weighted by Gasteiger charge is -2.25. The lowest BCUT2D eigenvalue weighted by molar-refractivity contribution is -0.116. The summed E-state index contributed by atoms with van der Waals surface area (Å²) in [7, 11) is 0. The van der Waals surface area contributed by atoms with Crippen molar-refractivity contribution in [2.75, 3.05) is 11.9 Å². The first-order valence-corrected chi connectivity index (χ1v) is 8.78. The van der Waals surface area contributed by atoms with Gasteiger partial charge in [-0.25, -0.2) is 4.98 Å². The summed E-state index contributed by atoms with van der Waals surface area (Å²) in [5.74, 6) is 1.57. The molecular weight excluding hydrogens is 352 g/mol. The molecule has 4 rings (SSSR count). The number of halogens is 1. The van der Waals surface area contributed by atoms with Crippen molar-refractivity contribution in [2.24, 2.45) is 0 Å². The Morgan fingerprint density at radius 2 is 2.15 bits per heavy atom. The average molecular weight is 369 g/mol. The highest BCUT2D eigenvalue weighted by Crippen LogP contribution is 2.36. The van der Waals surface area contributed by atoms with Gasteiger partial charge in [0.05, 0.1) is 17.8 Å². The molecule has 6 heteroatoms. The number of benzene rings is 2. The molecule has 0 spiro atoms. The number of hydrogen-bond donors (Lipinski definition) is 1. The van der Waals surface area contributed by atoms with E-state index in [-0.39, 0.29) is 11.8 Å². The summed E-state index contributed by atoms with van der Waals surface area (Å²) in [5.41, 5.74) is 2.48. The summed E-state index contributed by atoms with van der Waals surface area (Å²) in [4.78, 5) is 16.4. The second-order valence-electron chi connectivity index (χ2n) is 6.18. The highest BCUT2D eigenvalue weighted by Gasteiger charge is 2.23. The monoisotopic (exact) mass is 368 g/mol. The quantitative estimate of drug-likeness (QED) is 0.712. The summed E-state index contributed by atoms with van der Waals surface area (Å²) < 4.78 is 10.9. The number of aromatic nitrogens is 1. The van der Waals surface area contributed by atoms with Crippen LogP contribution in [0.1, 0.15) is 24.3 Å². The topological polar surface area (TPSA) is 64.4 Å². The Balaban J connectivity index is 1.45. The van der Waals surface area contributed by atoms with Crippen LogP contribution in [0.5, 0.6) is 5.75 Å². The van der Waals surface area contributed by atoms with Crippen molar-refractivity contribution in [3.05, 3.63) is 65.6 Å². The highest BCUT2D eigenvalue weighted by molar-refractivity contribution is 6.33. The molecule has 26 heavy (non-hydrogen) atoms. The molecule has 1 N–H and O–H groups in total. The van der Waals surface area contributed by atoms with Crippen molar-refractivity contribution < 1.29 is 13.9 Å². The van der Waals surface area contributed by atoms with Crippen LogP contribution in [0, 0.1) is 0 Å². The summed E-state index contributed by atoms with van der Waals surface area (Å²) in [6.45, 7) is 0.632. The fraction of sp³-hybridized carbons (Fsp3) is 0.200. The molecule has 0 aliphatic carbocycles. The van der Waals surface area contributed by atoms with Gasteiger partial charge in [-0.05, 0) is 42.2 Å². The predicted octanol–water partition coefficient (Wildman–Crippen LogP) is 4.89. The Morgan fingerprint density at radius 1 is 1.27 bits per heavy atom. The number of carbonyl (C=O) groups is 1. The Morgan fingerprint density at radius 3 is 2.96 bits per heavy atom. The van der Waals surface area contributed by atoms with Gasteiger partial charge in [0, 0.05) is 17.7 Å². The molecule has 1 aliphatic rings. The Labute approximate surface area is 156 Å². The van der Waals surface area contributed by atoms with E-state index in [1.165, 1.54) is 6.39 Å². The van der Waals surface area contributed by atoms with Gasteiger partial charge in [0.25, 0.3) is 0 Å². The van der Waals surface area contributed by atoms with E-state index in [1.54, 1.807) is 18.3 Å². The largest absolute Gasteiger partial charge is 0.493 e. The van der Waals surface area contributed by atoms with Crippen molar-refractivity contribution in [3.8, 4) is 17.1 Å². The van der Waals surface area contributed by atoms with Crippen molar-refractivity contribution >= 4 is 23.2 Å². The van der Waals surface area contributed by atoms with Crippen LogP contribution in [0.25, 0.3) is 11.3 Å². The van der Waals surface area contributed by atoms with Crippen LogP contribution in [0.2, 0.25) is 5.02 Å². The number of fused-ring (bicyclic) bond motifs is 1. The van der Waals surface area contributed by atoms with E-state index < -0.39 is 0 Å². The third-order valence-corrected chi connectivity index (χ3v) is 4.78. The van der Waals surface area contributed by atoms with Crippen molar-refractivity contribution in [2.45, 2.75) is 18.8 Å². The molecule has 0 fully saturated rings. The van der Waals surface area contributed by atoms with Crippen molar-refractivity contribution in [1.82, 2.24) is 4.98 Å². The summed E-state index contributed by atoms with van der Waals surface area (Å²) >= 11 is 6.31. The standard InChI is InChI=1S/C20H17ClN2O3/c21-17-10-14(5-6-16(17)19-11-22-12-26-19)23-20(24)9-13-7-8-25-18-4-2-1-3-15(13)18/h1-6,10-13H,7-9H2,(H,23,24). The minimum atomic E-state index is -0.0461. The minimum absolute atomic E-state index is 0.0461. The molecule has 1 aliphatic heterocycles. The van der Waals surface area contributed by atoms with Crippen LogP contribution in [0.3, 0.4) is 0 Å². The first kappa shape index (κ1) is 16.7. The van der Waals surface area contributed by atoms with Crippen LogP contribution in [-0.4, -0.2) is 17.5 Å². The number of nitrogens with one attached hydrogen (secondary N) is 1.